The minimum atomic E-state index is -1.15. The number of carboxylic acid groups (broad SMARTS) is 2. The molecule has 3 aromatic carbocycles. The number of aromatic nitrogens is 2. The van der Waals surface area contributed by atoms with Crippen LogP contribution in [0.25, 0.3) is 5.57 Å². The van der Waals surface area contributed by atoms with E-state index in [2.05, 4.69) is 37.7 Å². The Kier molecular flexibility index (Phi) is 18.0. The molecule has 4 heterocycles. The highest BCUT2D eigenvalue weighted by atomic mass is 16.5. The average Bonchev–Trinajstić information content (AvgIpc) is 3.34. The van der Waals surface area contributed by atoms with Crippen LogP contribution in [0.2, 0.25) is 0 Å². The Labute approximate surface area is 396 Å². The fourth-order valence-corrected chi connectivity index (χ4v) is 8.27. The molecule has 1 fully saturated rings. The highest BCUT2D eigenvalue weighted by Gasteiger charge is 2.27. The van der Waals surface area contributed by atoms with Crippen LogP contribution in [0.4, 0.5) is 5.69 Å². The monoisotopic (exact) mass is 926 g/mol. The minimum absolute atomic E-state index is 0.00795. The van der Waals surface area contributed by atoms with Crippen LogP contribution >= 0.6 is 0 Å². The number of hydrogen-bond acceptors (Lipinski definition) is 12. The molecule has 68 heavy (non-hydrogen) atoms. The number of allylic oxidation sites excluding steroid dienone is 1. The van der Waals surface area contributed by atoms with E-state index in [4.69, 9.17) is 18.9 Å². The molecular weight excluding hydrogens is 869 g/mol. The zero-order valence-corrected chi connectivity index (χ0v) is 38.1. The van der Waals surface area contributed by atoms with Crippen LogP contribution in [-0.2, 0) is 43.3 Å². The Balaban J connectivity index is 0.992. The first-order valence-electron chi connectivity index (χ1n) is 22.8. The second kappa shape index (κ2) is 24.9. The first kappa shape index (κ1) is 49.3. The molecule has 2 aliphatic heterocycles. The van der Waals surface area contributed by atoms with Gasteiger partial charge in [0.15, 0.2) is 0 Å². The van der Waals surface area contributed by atoms with Crippen molar-refractivity contribution in [2.24, 2.45) is 0 Å². The molecule has 7 rings (SSSR count). The van der Waals surface area contributed by atoms with Crippen LogP contribution in [0.15, 0.2) is 116 Å². The first-order valence-corrected chi connectivity index (χ1v) is 22.8. The van der Waals surface area contributed by atoms with E-state index in [9.17, 15) is 29.4 Å². The van der Waals surface area contributed by atoms with Crippen molar-refractivity contribution < 1.29 is 48.3 Å². The number of benzene rings is 3. The lowest BCUT2D eigenvalue weighted by Gasteiger charge is -2.32. The van der Waals surface area contributed by atoms with Crippen molar-refractivity contribution in [1.82, 2.24) is 25.1 Å². The van der Waals surface area contributed by atoms with Crippen molar-refractivity contribution in [2.75, 3.05) is 90.5 Å². The van der Waals surface area contributed by atoms with E-state index >= 15 is 0 Å². The van der Waals surface area contributed by atoms with Gasteiger partial charge in [0.05, 0.1) is 82.5 Å². The molecule has 356 valence electrons. The van der Waals surface area contributed by atoms with E-state index in [-0.39, 0.29) is 36.2 Å². The lowest BCUT2D eigenvalue weighted by Crippen LogP contribution is -2.37. The summed E-state index contributed by atoms with van der Waals surface area (Å²) in [4.78, 5) is 65.8. The van der Waals surface area contributed by atoms with Gasteiger partial charge in [0.1, 0.15) is 11.4 Å². The van der Waals surface area contributed by atoms with Crippen LogP contribution in [0.1, 0.15) is 77.4 Å². The number of nitrogens with zero attached hydrogens (tertiary/aromatic N) is 5. The van der Waals surface area contributed by atoms with Gasteiger partial charge in [0.2, 0.25) is 5.91 Å². The molecule has 0 bridgehead atoms. The molecule has 3 N–H and O–H groups in total. The van der Waals surface area contributed by atoms with Gasteiger partial charge in [-0.3, -0.25) is 19.4 Å². The zero-order chi connectivity index (χ0) is 47.7. The first-order chi connectivity index (χ1) is 33.1. The molecule has 2 aromatic heterocycles. The van der Waals surface area contributed by atoms with Crippen molar-refractivity contribution in [3.8, 4) is 0 Å². The summed E-state index contributed by atoms with van der Waals surface area (Å²) in [5.74, 6) is -2.69. The molecule has 1 atom stereocenters. The van der Waals surface area contributed by atoms with Gasteiger partial charge >= 0.3 is 11.9 Å². The second-order valence-electron chi connectivity index (χ2n) is 16.4. The maximum Gasteiger partial charge on any atom is 0.354 e. The SMILES string of the molecule is C=C1Cc2ccccc2CN(C(=O)CCNC(=O)c2ccc(C(c3cccc(C(=O)O)n3)N3CCOCCOCCN(Cc4cccc(C(=O)O)n4)CCOCCOCC3)cc2)c2ccccc21. The topological polar surface area (TPSA) is 193 Å². The molecular formula is C52H58N6O10. The number of hydrogen-bond donors (Lipinski definition) is 3. The summed E-state index contributed by atoms with van der Waals surface area (Å²) in [6.45, 7) is 10.1. The number of carboxylic acids is 2. The van der Waals surface area contributed by atoms with Crippen molar-refractivity contribution in [3.05, 3.63) is 166 Å². The van der Waals surface area contributed by atoms with Gasteiger partial charge in [-0.05, 0) is 71.1 Å². The number of pyridine rings is 2. The number of anilines is 1. The van der Waals surface area contributed by atoms with Gasteiger partial charge in [0, 0.05) is 56.8 Å². The van der Waals surface area contributed by atoms with Crippen LogP contribution in [0.3, 0.4) is 0 Å². The third-order valence-electron chi connectivity index (χ3n) is 11.8. The van der Waals surface area contributed by atoms with Crippen molar-refractivity contribution in [3.63, 3.8) is 0 Å². The summed E-state index contributed by atoms with van der Waals surface area (Å²) >= 11 is 0. The quantitative estimate of drug-likeness (QED) is 0.145. The Morgan fingerprint density at radius 2 is 1.24 bits per heavy atom. The van der Waals surface area contributed by atoms with Crippen LogP contribution < -0.4 is 10.2 Å². The number of amides is 2. The van der Waals surface area contributed by atoms with E-state index in [1.165, 1.54) is 12.1 Å². The van der Waals surface area contributed by atoms with Crippen molar-refractivity contribution in [2.45, 2.75) is 32.0 Å². The van der Waals surface area contributed by atoms with Crippen LogP contribution in [0.5, 0.6) is 0 Å². The smallest absolute Gasteiger partial charge is 0.354 e. The number of nitrogens with one attached hydrogen (secondary N) is 1. The fourth-order valence-electron chi connectivity index (χ4n) is 8.27. The Morgan fingerprint density at radius 3 is 1.90 bits per heavy atom. The summed E-state index contributed by atoms with van der Waals surface area (Å²) in [6.07, 6.45) is 0.780. The number of fused-ring (bicyclic) bond motifs is 2. The van der Waals surface area contributed by atoms with Crippen molar-refractivity contribution in [1.29, 1.82) is 0 Å². The maximum absolute atomic E-state index is 13.9. The predicted octanol–water partition coefficient (Wildman–Crippen LogP) is 5.77. The molecule has 5 aromatic rings. The van der Waals surface area contributed by atoms with E-state index in [1.807, 2.05) is 54.6 Å². The van der Waals surface area contributed by atoms with Gasteiger partial charge < -0.3 is 39.4 Å². The Morgan fingerprint density at radius 1 is 0.647 bits per heavy atom. The van der Waals surface area contributed by atoms with E-state index in [0.717, 1.165) is 33.5 Å². The molecule has 0 radical (unpaired) electrons. The van der Waals surface area contributed by atoms with Gasteiger partial charge in [-0.15, -0.1) is 0 Å². The van der Waals surface area contributed by atoms with Gasteiger partial charge in [-0.2, -0.15) is 0 Å². The van der Waals surface area contributed by atoms with Crippen LogP contribution in [0, 0.1) is 0 Å². The molecule has 2 aliphatic rings. The lowest BCUT2D eigenvalue weighted by molar-refractivity contribution is -0.118. The molecule has 0 saturated carbocycles. The fraction of sp³-hybridized carbons (Fsp3) is 0.346. The standard InChI is InChI=1S/C52H58N6O10/c1-37-34-40-8-2-3-9-41(40)35-58(47-15-5-4-11-43(37)47)48(59)20-21-53-50(60)39-18-16-38(17-19-39)49(44-12-7-14-46(55-44)52(63)64)57-24-28-67-32-30-65-26-22-56(23-27-66-31-33-68-29-25-57)36-42-10-6-13-45(54-42)51(61)62/h2-19,49H,1,20-36H2,(H,53,60)(H,61,62)(H,63,64). The largest absolute Gasteiger partial charge is 0.477 e. The molecule has 16 heteroatoms. The lowest BCUT2D eigenvalue weighted by atomic mass is 9.92. The minimum Gasteiger partial charge on any atom is -0.477 e. The Hall–Kier alpha value is -6.66. The third-order valence-corrected chi connectivity index (χ3v) is 11.8. The summed E-state index contributed by atoms with van der Waals surface area (Å²) in [6, 6.07) is 32.2. The summed E-state index contributed by atoms with van der Waals surface area (Å²) in [5, 5.41) is 22.2. The van der Waals surface area contributed by atoms with Gasteiger partial charge in [0.25, 0.3) is 5.91 Å². The maximum atomic E-state index is 13.9. The van der Waals surface area contributed by atoms with Gasteiger partial charge in [-0.25, -0.2) is 19.6 Å². The Bertz CT molecular complexity index is 2500. The summed E-state index contributed by atoms with van der Waals surface area (Å²) in [5.41, 5.74) is 7.03. The number of ether oxygens (including phenoxy) is 4. The highest BCUT2D eigenvalue weighted by molar-refractivity contribution is 5.98. The van der Waals surface area contributed by atoms with Gasteiger partial charge in [-0.1, -0.05) is 73.3 Å². The molecule has 16 nitrogen and oxygen atoms in total. The van der Waals surface area contributed by atoms with Crippen LogP contribution in [-0.4, -0.2) is 139 Å². The summed E-state index contributed by atoms with van der Waals surface area (Å²) in [7, 11) is 0. The summed E-state index contributed by atoms with van der Waals surface area (Å²) < 4.78 is 23.9. The molecule has 2 amide bonds. The highest BCUT2D eigenvalue weighted by Crippen LogP contribution is 2.34. The number of rotatable bonds is 11. The molecule has 1 unspecified atom stereocenters. The number of aromatic carboxylic acids is 2. The normalized spacial score (nSPS) is 16.7. The van der Waals surface area contributed by atoms with E-state index < -0.39 is 18.0 Å². The molecule has 0 aliphatic carbocycles. The average molecular weight is 927 g/mol. The second-order valence-corrected chi connectivity index (χ2v) is 16.4. The molecule has 1 saturated heterocycles. The van der Waals surface area contributed by atoms with E-state index in [1.54, 1.807) is 41.3 Å². The van der Waals surface area contributed by atoms with Crippen molar-refractivity contribution >= 4 is 35.0 Å². The zero-order valence-electron chi connectivity index (χ0n) is 38.1. The number of carbonyl (C=O) groups excluding carboxylic acids is 2. The third kappa shape index (κ3) is 13.7. The predicted molar refractivity (Wildman–Crippen MR) is 255 cm³/mol. The number of carbonyl (C=O) groups is 4. The number of para-hydroxylation sites is 1. The van der Waals surface area contributed by atoms with E-state index in [0.29, 0.717) is 115 Å². The molecule has 0 spiro atoms.